The molecule has 4 aromatic rings. The molecule has 1 heterocycles. The van der Waals surface area contributed by atoms with Crippen LogP contribution in [0.3, 0.4) is 0 Å². The van der Waals surface area contributed by atoms with Crippen LogP contribution in [-0.4, -0.2) is 21.0 Å². The first kappa shape index (κ1) is 23.0. The average Bonchev–Trinajstić information content (AvgIpc) is 2.80. The Kier molecular flexibility index (Phi) is 5.59. The maximum absolute atomic E-state index is 13.6. The van der Waals surface area contributed by atoms with Crippen molar-refractivity contribution in [2.45, 2.75) is 46.0 Å². The van der Waals surface area contributed by atoms with Gasteiger partial charge in [0.15, 0.2) is 5.78 Å². The van der Waals surface area contributed by atoms with Crippen molar-refractivity contribution < 1.29 is 19.4 Å². The molecule has 2 N–H and O–H groups in total. The third-order valence-electron chi connectivity index (χ3n) is 7.41. The number of benzene rings is 3. The highest BCUT2D eigenvalue weighted by atomic mass is 19.1. The summed E-state index contributed by atoms with van der Waals surface area (Å²) in [5, 5.41) is 20.5. The molecule has 0 radical (unpaired) electrons. The minimum Gasteiger partial charge on any atom is -0.508 e. The van der Waals surface area contributed by atoms with Crippen LogP contribution in [0, 0.1) is 18.2 Å². The number of hydrogen-bond acceptors (Lipinski definition) is 4. The third kappa shape index (κ3) is 4.27. The Balaban J connectivity index is 1.51. The highest BCUT2D eigenvalue weighted by Crippen LogP contribution is 2.48. The Morgan fingerprint density at radius 3 is 2.63 bits per heavy atom. The first-order chi connectivity index (χ1) is 16.6. The molecule has 4 nitrogen and oxygen atoms in total. The Hall–Kier alpha value is -3.73. The number of phenols is 2. The number of aromatic nitrogens is 1. The van der Waals surface area contributed by atoms with E-state index < -0.39 is 0 Å². The van der Waals surface area contributed by atoms with Gasteiger partial charge in [-0.1, -0.05) is 26.0 Å². The fourth-order valence-electron chi connectivity index (χ4n) is 5.34. The smallest absolute Gasteiger partial charge is 0.167 e. The predicted molar refractivity (Wildman–Crippen MR) is 135 cm³/mol. The number of phenolic OH excluding ortho intramolecular Hbond substituents is 2. The lowest BCUT2D eigenvalue weighted by Crippen LogP contribution is -2.30. The molecule has 35 heavy (non-hydrogen) atoms. The van der Waals surface area contributed by atoms with Gasteiger partial charge in [-0.25, -0.2) is 9.37 Å². The fourth-order valence-corrected chi connectivity index (χ4v) is 5.34. The molecular formula is C30H28FNO3. The van der Waals surface area contributed by atoms with Crippen LogP contribution in [0.2, 0.25) is 0 Å². The molecule has 0 saturated carbocycles. The van der Waals surface area contributed by atoms with Gasteiger partial charge in [-0.05, 0) is 90.3 Å². The second kappa shape index (κ2) is 8.49. The van der Waals surface area contributed by atoms with E-state index in [4.69, 9.17) is 4.98 Å². The monoisotopic (exact) mass is 469 g/mol. The molecule has 0 amide bonds. The summed E-state index contributed by atoms with van der Waals surface area (Å²) in [4.78, 5) is 18.0. The van der Waals surface area contributed by atoms with Gasteiger partial charge in [0.25, 0.3) is 0 Å². The number of ketones is 1. The van der Waals surface area contributed by atoms with E-state index in [1.165, 1.54) is 35.9 Å². The summed E-state index contributed by atoms with van der Waals surface area (Å²) < 4.78 is 13.6. The molecule has 1 unspecified atom stereocenters. The van der Waals surface area contributed by atoms with Crippen LogP contribution in [-0.2, 0) is 6.42 Å². The molecule has 178 valence electrons. The molecule has 3 aromatic carbocycles. The number of nitrogens with zero attached hydrogens (tertiary/aromatic N) is 1. The molecule has 5 heteroatoms. The zero-order chi connectivity index (χ0) is 24.9. The Morgan fingerprint density at radius 2 is 1.86 bits per heavy atom. The number of aryl methyl sites for hydroxylation is 2. The van der Waals surface area contributed by atoms with Crippen LogP contribution in [0.5, 0.6) is 11.5 Å². The maximum Gasteiger partial charge on any atom is 0.167 e. The normalized spacial score (nSPS) is 16.7. The third-order valence-corrected chi connectivity index (χ3v) is 7.41. The van der Waals surface area contributed by atoms with Gasteiger partial charge in [0, 0.05) is 23.4 Å². The fraction of sp³-hybridized carbons (Fsp3) is 0.267. The first-order valence-corrected chi connectivity index (χ1v) is 11.9. The number of fused-ring (bicyclic) bond motifs is 2. The minimum atomic E-state index is -0.274. The molecule has 1 aliphatic rings. The lowest BCUT2D eigenvalue weighted by Gasteiger charge is -2.40. The lowest BCUT2D eigenvalue weighted by molar-refractivity contribution is 0.0935. The Labute approximate surface area is 204 Å². The van der Waals surface area contributed by atoms with Gasteiger partial charge in [-0.2, -0.15) is 0 Å². The van der Waals surface area contributed by atoms with Gasteiger partial charge in [-0.15, -0.1) is 0 Å². The van der Waals surface area contributed by atoms with E-state index in [2.05, 4.69) is 32.0 Å². The summed E-state index contributed by atoms with van der Waals surface area (Å²) in [7, 11) is 0. The molecule has 0 fully saturated rings. The van der Waals surface area contributed by atoms with Crippen LogP contribution >= 0.6 is 0 Å². The molecule has 1 aromatic heterocycles. The first-order valence-electron chi connectivity index (χ1n) is 11.9. The van der Waals surface area contributed by atoms with E-state index in [-0.39, 0.29) is 46.4 Å². The highest BCUT2D eigenvalue weighted by Gasteiger charge is 2.37. The zero-order valence-electron chi connectivity index (χ0n) is 20.1. The van der Waals surface area contributed by atoms with Gasteiger partial charge < -0.3 is 10.2 Å². The van der Waals surface area contributed by atoms with Gasteiger partial charge in [0.2, 0.25) is 0 Å². The van der Waals surface area contributed by atoms with E-state index >= 15 is 0 Å². The number of aromatic hydroxyl groups is 2. The van der Waals surface area contributed by atoms with Crippen molar-refractivity contribution in [3.05, 3.63) is 88.7 Å². The maximum atomic E-state index is 13.6. The number of halogens is 1. The number of rotatable bonds is 4. The molecule has 0 spiro atoms. The van der Waals surface area contributed by atoms with Crippen LogP contribution in [0.4, 0.5) is 4.39 Å². The van der Waals surface area contributed by atoms with Crippen LogP contribution in [0.1, 0.15) is 59.7 Å². The summed E-state index contributed by atoms with van der Waals surface area (Å²) in [5.41, 5.74) is 6.11. The van der Waals surface area contributed by atoms with Gasteiger partial charge >= 0.3 is 0 Å². The van der Waals surface area contributed by atoms with Crippen molar-refractivity contribution in [1.29, 1.82) is 0 Å². The Morgan fingerprint density at radius 1 is 1.06 bits per heavy atom. The summed E-state index contributed by atoms with van der Waals surface area (Å²) in [5.74, 6) is -0.690. The number of carbonyl (C=O) groups excluding carboxylic acids is 1. The lowest BCUT2D eigenvalue weighted by atomic mass is 9.64. The Bertz CT molecular complexity index is 1470. The summed E-state index contributed by atoms with van der Waals surface area (Å²) in [6.07, 6.45) is 2.12. The van der Waals surface area contributed by atoms with E-state index in [1.54, 1.807) is 6.07 Å². The van der Waals surface area contributed by atoms with Gasteiger partial charge in [0.1, 0.15) is 17.3 Å². The molecule has 5 rings (SSSR count). The second-order valence-electron chi connectivity index (χ2n) is 10.3. The van der Waals surface area contributed by atoms with Crippen molar-refractivity contribution in [3.8, 4) is 22.8 Å². The number of pyridine rings is 1. The van der Waals surface area contributed by atoms with E-state index in [1.807, 2.05) is 13.0 Å². The molecule has 0 saturated heterocycles. The quantitative estimate of drug-likeness (QED) is 0.313. The molecule has 1 atom stereocenters. The zero-order valence-corrected chi connectivity index (χ0v) is 20.1. The second-order valence-corrected chi connectivity index (χ2v) is 10.3. The molecular weight excluding hydrogens is 441 g/mol. The van der Waals surface area contributed by atoms with Crippen LogP contribution < -0.4 is 0 Å². The molecule has 0 aliphatic heterocycles. The van der Waals surface area contributed by atoms with E-state index in [0.29, 0.717) is 0 Å². The van der Waals surface area contributed by atoms with Gasteiger partial charge in [0.05, 0.1) is 16.8 Å². The van der Waals surface area contributed by atoms with Crippen molar-refractivity contribution in [2.24, 2.45) is 5.41 Å². The topological polar surface area (TPSA) is 70.4 Å². The van der Waals surface area contributed by atoms with E-state index in [0.717, 1.165) is 46.1 Å². The van der Waals surface area contributed by atoms with Crippen LogP contribution in [0.15, 0.2) is 60.7 Å². The van der Waals surface area contributed by atoms with E-state index in [9.17, 15) is 19.4 Å². The van der Waals surface area contributed by atoms with Crippen molar-refractivity contribution in [3.63, 3.8) is 0 Å². The largest absolute Gasteiger partial charge is 0.508 e. The van der Waals surface area contributed by atoms with Gasteiger partial charge in [-0.3, -0.25) is 4.79 Å². The van der Waals surface area contributed by atoms with Crippen molar-refractivity contribution in [1.82, 2.24) is 4.98 Å². The van der Waals surface area contributed by atoms with Crippen molar-refractivity contribution in [2.75, 3.05) is 0 Å². The SMILES string of the molecule is Cc1cc2cc(F)ccc2nc1-c1ccc2c(c1)CCC(C)(C)C2CC(=O)c1ccc(O)cc1O. The summed E-state index contributed by atoms with van der Waals surface area (Å²) in [6, 6.07) is 17.0. The highest BCUT2D eigenvalue weighted by molar-refractivity contribution is 5.99. The predicted octanol–water partition coefficient (Wildman–Crippen LogP) is 7.09. The standard InChI is InChI=1S/C30H28FNO3/c1-17-12-20-14-21(31)5-9-26(20)32-29(17)19-4-7-23-18(13-19)10-11-30(2,3)25(23)16-28(35)24-8-6-22(33)15-27(24)34/h4-9,12-15,25,33-34H,10-11,16H2,1-3H3. The average molecular weight is 470 g/mol. The number of Topliss-reactive ketones (excluding diaryl/α,β-unsaturated/α-hetero) is 1. The number of carbonyl (C=O) groups is 1. The summed E-state index contributed by atoms with van der Waals surface area (Å²) in [6.45, 7) is 6.36. The van der Waals surface area contributed by atoms with Crippen molar-refractivity contribution >= 4 is 16.7 Å². The van der Waals surface area contributed by atoms with Crippen LogP contribution in [0.25, 0.3) is 22.2 Å². The molecule has 0 bridgehead atoms. The minimum absolute atomic E-state index is 0.00496. The number of hydrogen-bond donors (Lipinski definition) is 2. The molecule has 1 aliphatic carbocycles. The summed E-state index contributed by atoms with van der Waals surface area (Å²) >= 11 is 0.